The molecule has 0 unspecified atom stereocenters. The summed E-state index contributed by atoms with van der Waals surface area (Å²) < 4.78 is 29.7. The van der Waals surface area contributed by atoms with Crippen molar-refractivity contribution >= 4 is 11.9 Å². The number of alkyl halides is 2. The molecule has 0 radical (unpaired) electrons. The molecule has 0 bridgehead atoms. The third kappa shape index (κ3) is 7.69. The monoisotopic (exact) mass is 418 g/mol. The van der Waals surface area contributed by atoms with Crippen molar-refractivity contribution in [2.45, 2.75) is 33.5 Å². The number of rotatable bonds is 10. The lowest BCUT2D eigenvalue weighted by molar-refractivity contribution is -0.130. The van der Waals surface area contributed by atoms with Crippen LogP contribution < -0.4 is 15.4 Å². The topological polar surface area (TPSA) is 66.0 Å². The van der Waals surface area contributed by atoms with Gasteiger partial charge >= 0.3 is 6.61 Å². The van der Waals surface area contributed by atoms with Crippen molar-refractivity contribution in [1.29, 1.82) is 0 Å². The number of nitrogens with zero attached hydrogens (tertiary/aromatic N) is 2. The van der Waals surface area contributed by atoms with E-state index in [0.717, 1.165) is 5.56 Å². The molecular formula is C22H28F2N4O2. The van der Waals surface area contributed by atoms with E-state index in [0.29, 0.717) is 31.2 Å². The first-order valence-corrected chi connectivity index (χ1v) is 9.90. The number of benzene rings is 2. The van der Waals surface area contributed by atoms with Crippen LogP contribution in [0.1, 0.15) is 25.0 Å². The summed E-state index contributed by atoms with van der Waals surface area (Å²) in [5, 5.41) is 6.06. The highest BCUT2D eigenvalue weighted by molar-refractivity contribution is 5.86. The van der Waals surface area contributed by atoms with Crippen molar-refractivity contribution in [2.75, 3.05) is 19.6 Å². The molecule has 0 saturated carbocycles. The first-order chi connectivity index (χ1) is 14.5. The number of ether oxygens (including phenoxy) is 1. The summed E-state index contributed by atoms with van der Waals surface area (Å²) in [6, 6.07) is 16.3. The summed E-state index contributed by atoms with van der Waals surface area (Å²) in [6.45, 7) is 2.85. The van der Waals surface area contributed by atoms with Gasteiger partial charge in [-0.25, -0.2) is 4.99 Å². The molecule has 8 heteroatoms. The van der Waals surface area contributed by atoms with Crippen LogP contribution in [0.25, 0.3) is 0 Å². The highest BCUT2D eigenvalue weighted by Gasteiger charge is 2.13. The Morgan fingerprint density at radius 2 is 1.77 bits per heavy atom. The van der Waals surface area contributed by atoms with Gasteiger partial charge < -0.3 is 20.3 Å². The second-order valence-electron chi connectivity index (χ2n) is 6.43. The normalized spacial score (nSPS) is 11.3. The molecule has 0 atom stereocenters. The van der Waals surface area contributed by atoms with Crippen molar-refractivity contribution in [3.63, 3.8) is 0 Å². The van der Waals surface area contributed by atoms with Crippen LogP contribution in [0.5, 0.6) is 5.75 Å². The fourth-order valence-electron chi connectivity index (χ4n) is 2.80. The maximum absolute atomic E-state index is 12.6. The van der Waals surface area contributed by atoms with Gasteiger partial charge in [-0.05, 0) is 25.5 Å². The van der Waals surface area contributed by atoms with Crippen molar-refractivity contribution in [1.82, 2.24) is 15.5 Å². The lowest BCUT2D eigenvalue weighted by Gasteiger charge is -2.22. The number of para-hydroxylation sites is 1. The number of carbonyl (C=O) groups excluding carboxylic acids is 1. The van der Waals surface area contributed by atoms with Crippen LogP contribution in [0, 0.1) is 0 Å². The first-order valence-electron chi connectivity index (χ1n) is 9.90. The fraction of sp³-hybridized carbons (Fsp3) is 0.364. The van der Waals surface area contributed by atoms with E-state index in [1.807, 2.05) is 44.2 Å². The molecule has 2 N–H and O–H groups in total. The number of likely N-dealkylation sites (N-methyl/N-ethyl adjacent to an activating group) is 1. The van der Waals surface area contributed by atoms with E-state index in [1.54, 1.807) is 23.1 Å². The Balaban J connectivity index is 1.98. The lowest BCUT2D eigenvalue weighted by Crippen LogP contribution is -2.44. The second-order valence-corrected chi connectivity index (χ2v) is 6.43. The highest BCUT2D eigenvalue weighted by Crippen LogP contribution is 2.20. The maximum atomic E-state index is 12.6. The number of halogens is 2. The average molecular weight is 418 g/mol. The molecule has 0 heterocycles. The van der Waals surface area contributed by atoms with Crippen LogP contribution in [0.15, 0.2) is 59.6 Å². The van der Waals surface area contributed by atoms with E-state index >= 15 is 0 Å². The third-order valence-corrected chi connectivity index (χ3v) is 4.30. The van der Waals surface area contributed by atoms with E-state index in [2.05, 4.69) is 20.4 Å². The third-order valence-electron chi connectivity index (χ3n) is 4.30. The van der Waals surface area contributed by atoms with Gasteiger partial charge in [0.15, 0.2) is 5.96 Å². The zero-order valence-electron chi connectivity index (χ0n) is 17.3. The minimum atomic E-state index is -2.90. The number of hydrogen-bond acceptors (Lipinski definition) is 3. The molecule has 0 aromatic heterocycles. The molecule has 0 aliphatic heterocycles. The molecule has 30 heavy (non-hydrogen) atoms. The largest absolute Gasteiger partial charge is 0.434 e. The highest BCUT2D eigenvalue weighted by atomic mass is 19.3. The lowest BCUT2D eigenvalue weighted by atomic mass is 10.2. The number of nitrogens with one attached hydrogen (secondary N) is 2. The predicted octanol–water partition coefficient (Wildman–Crippen LogP) is 3.39. The van der Waals surface area contributed by atoms with Crippen molar-refractivity contribution < 1.29 is 18.3 Å². The summed E-state index contributed by atoms with van der Waals surface area (Å²) in [7, 11) is 0. The molecule has 0 saturated heterocycles. The molecule has 162 valence electrons. The fourth-order valence-corrected chi connectivity index (χ4v) is 2.80. The van der Waals surface area contributed by atoms with Crippen LogP contribution in [0.4, 0.5) is 8.78 Å². The van der Waals surface area contributed by atoms with E-state index in [-0.39, 0.29) is 24.7 Å². The Bertz CT molecular complexity index is 816. The van der Waals surface area contributed by atoms with Crippen LogP contribution in [0.3, 0.4) is 0 Å². The molecule has 2 aromatic rings. The van der Waals surface area contributed by atoms with Gasteiger partial charge in [-0.15, -0.1) is 0 Å². The number of carbonyl (C=O) groups is 1. The Kier molecular flexibility index (Phi) is 9.57. The van der Waals surface area contributed by atoms with Crippen LogP contribution in [0.2, 0.25) is 0 Å². The molecule has 6 nitrogen and oxygen atoms in total. The molecule has 0 aliphatic rings. The second kappa shape index (κ2) is 12.4. The van der Waals surface area contributed by atoms with Gasteiger partial charge in [-0.1, -0.05) is 48.5 Å². The van der Waals surface area contributed by atoms with Gasteiger partial charge in [0.05, 0.1) is 13.1 Å². The quantitative estimate of drug-likeness (QED) is 0.459. The average Bonchev–Trinajstić information content (AvgIpc) is 2.75. The van der Waals surface area contributed by atoms with Gasteiger partial charge in [0.25, 0.3) is 0 Å². The van der Waals surface area contributed by atoms with E-state index in [4.69, 9.17) is 0 Å². The SMILES string of the molecule is CCNC(=NCc1ccccc1OC(F)F)NCC(=O)N(CC)Cc1ccccc1. The summed E-state index contributed by atoms with van der Waals surface area (Å²) >= 11 is 0. The first kappa shape index (κ1) is 23.1. The van der Waals surface area contributed by atoms with Crippen molar-refractivity contribution in [3.8, 4) is 5.75 Å². The Hall–Kier alpha value is -3.16. The van der Waals surface area contributed by atoms with E-state index < -0.39 is 6.61 Å². The minimum absolute atomic E-state index is 0.0617. The predicted molar refractivity (Wildman–Crippen MR) is 113 cm³/mol. The zero-order valence-corrected chi connectivity index (χ0v) is 17.3. The van der Waals surface area contributed by atoms with E-state index in [1.165, 1.54) is 6.07 Å². The minimum Gasteiger partial charge on any atom is -0.434 e. The van der Waals surface area contributed by atoms with Crippen LogP contribution >= 0.6 is 0 Å². The Morgan fingerprint density at radius 3 is 2.43 bits per heavy atom. The van der Waals surface area contributed by atoms with Crippen LogP contribution in [-0.4, -0.2) is 43.0 Å². The van der Waals surface area contributed by atoms with Gasteiger partial charge in [0.2, 0.25) is 5.91 Å². The maximum Gasteiger partial charge on any atom is 0.387 e. The van der Waals surface area contributed by atoms with Crippen LogP contribution in [-0.2, 0) is 17.9 Å². The smallest absolute Gasteiger partial charge is 0.387 e. The standard InChI is InChI=1S/C22H28F2N4O2/c1-3-25-22(26-14-18-12-8-9-13-19(18)30-21(23)24)27-15-20(29)28(4-2)16-17-10-6-5-7-11-17/h5-13,21H,3-4,14-16H2,1-2H3,(H2,25,26,27). The molecule has 0 fully saturated rings. The summed E-state index contributed by atoms with van der Waals surface area (Å²) in [6.07, 6.45) is 0. The number of amides is 1. The number of guanidine groups is 1. The van der Waals surface area contributed by atoms with Gasteiger partial charge in [0.1, 0.15) is 5.75 Å². The van der Waals surface area contributed by atoms with Crippen molar-refractivity contribution in [3.05, 3.63) is 65.7 Å². The van der Waals surface area contributed by atoms with Crippen molar-refractivity contribution in [2.24, 2.45) is 4.99 Å². The Morgan fingerprint density at radius 1 is 1.07 bits per heavy atom. The van der Waals surface area contributed by atoms with Gasteiger partial charge in [0, 0.05) is 25.2 Å². The van der Waals surface area contributed by atoms with E-state index in [9.17, 15) is 13.6 Å². The number of hydrogen-bond donors (Lipinski definition) is 2. The number of aliphatic imine (C=N–C) groups is 1. The molecular weight excluding hydrogens is 390 g/mol. The molecule has 0 spiro atoms. The summed E-state index contributed by atoms with van der Waals surface area (Å²) in [4.78, 5) is 18.8. The molecule has 2 aromatic carbocycles. The summed E-state index contributed by atoms with van der Waals surface area (Å²) in [5.41, 5.74) is 1.59. The Labute approximate surface area is 175 Å². The molecule has 2 rings (SSSR count). The molecule has 1 amide bonds. The zero-order chi connectivity index (χ0) is 21.8. The van der Waals surface area contributed by atoms with Gasteiger partial charge in [-0.3, -0.25) is 4.79 Å². The van der Waals surface area contributed by atoms with Gasteiger partial charge in [-0.2, -0.15) is 8.78 Å². The molecule has 0 aliphatic carbocycles. The summed E-state index contributed by atoms with van der Waals surface area (Å²) in [5.74, 6) is 0.449.